The minimum absolute atomic E-state index is 0.0229. The first kappa shape index (κ1) is 9.93. The number of fused-ring (bicyclic) bond motifs is 1. The van der Waals surface area contributed by atoms with Crippen LogP contribution in [0.3, 0.4) is 0 Å². The molecule has 0 spiro atoms. The summed E-state index contributed by atoms with van der Waals surface area (Å²) >= 11 is 0. The Morgan fingerprint density at radius 1 is 1.64 bits per heavy atom. The van der Waals surface area contributed by atoms with Gasteiger partial charge in [0, 0.05) is 0 Å². The van der Waals surface area contributed by atoms with Gasteiger partial charge in [-0.25, -0.2) is 0 Å². The van der Waals surface area contributed by atoms with Crippen LogP contribution in [0.5, 0.6) is 0 Å². The zero-order valence-corrected chi connectivity index (χ0v) is 8.86. The van der Waals surface area contributed by atoms with Gasteiger partial charge in [-0.05, 0) is 27.2 Å². The molecule has 0 radical (unpaired) electrons. The molecule has 2 rings (SSSR count). The van der Waals surface area contributed by atoms with E-state index in [1.54, 1.807) is 11.8 Å². The molecule has 2 unspecified atom stereocenters. The largest absolute Gasteiger partial charge is 0.393 e. The highest BCUT2D eigenvalue weighted by atomic mass is 16.5. The number of rotatable bonds is 1. The van der Waals surface area contributed by atoms with Gasteiger partial charge in [-0.3, -0.25) is 4.79 Å². The van der Waals surface area contributed by atoms with E-state index in [2.05, 4.69) is 0 Å². The Labute approximate surface area is 83.8 Å². The summed E-state index contributed by atoms with van der Waals surface area (Å²) < 4.78 is 5.52. The number of carbonyl (C=O) groups is 1. The van der Waals surface area contributed by atoms with Crippen molar-refractivity contribution >= 4 is 5.91 Å². The van der Waals surface area contributed by atoms with E-state index in [1.165, 1.54) is 0 Å². The van der Waals surface area contributed by atoms with Crippen molar-refractivity contribution < 1.29 is 14.6 Å². The van der Waals surface area contributed by atoms with E-state index in [0.717, 1.165) is 6.42 Å². The first-order valence-corrected chi connectivity index (χ1v) is 5.10. The number of aliphatic hydroxyl groups excluding tert-OH is 1. The smallest absolute Gasteiger partial charge is 0.232 e. The standard InChI is InChI=1S/C10H17NO3/c1-6(12)8-7-4-5-14-10(2,3)11(7)9(8)13/h6-8,12H,4-5H2,1-3H3/t6-,7?,8?/m0/s1. The van der Waals surface area contributed by atoms with Crippen molar-refractivity contribution in [2.45, 2.75) is 45.1 Å². The number of β-lactam (4-membered cyclic amide) rings is 1. The number of hydrogen-bond donors (Lipinski definition) is 1. The van der Waals surface area contributed by atoms with Crippen molar-refractivity contribution in [3.63, 3.8) is 0 Å². The second-order valence-corrected chi connectivity index (χ2v) is 4.63. The van der Waals surface area contributed by atoms with Crippen LogP contribution in [0.4, 0.5) is 0 Å². The summed E-state index contributed by atoms with van der Waals surface area (Å²) in [4.78, 5) is 13.5. The molecule has 80 valence electrons. The fourth-order valence-electron chi connectivity index (χ4n) is 2.57. The molecule has 2 fully saturated rings. The van der Waals surface area contributed by atoms with Crippen LogP contribution in [-0.4, -0.2) is 40.4 Å². The summed E-state index contributed by atoms with van der Waals surface area (Å²) in [5, 5.41) is 9.46. The van der Waals surface area contributed by atoms with Crippen molar-refractivity contribution in [3.05, 3.63) is 0 Å². The third kappa shape index (κ3) is 1.17. The molecule has 4 heteroatoms. The molecular weight excluding hydrogens is 182 g/mol. The van der Waals surface area contributed by atoms with Gasteiger partial charge < -0.3 is 14.7 Å². The van der Waals surface area contributed by atoms with Crippen LogP contribution in [0.1, 0.15) is 27.2 Å². The van der Waals surface area contributed by atoms with Crippen LogP contribution in [0.25, 0.3) is 0 Å². The second-order valence-electron chi connectivity index (χ2n) is 4.63. The van der Waals surface area contributed by atoms with Crippen LogP contribution in [0, 0.1) is 5.92 Å². The SMILES string of the molecule is C[C@H](O)C1C(=O)N2C1CCOC2(C)C. The monoisotopic (exact) mass is 199 g/mol. The Morgan fingerprint density at radius 3 is 2.86 bits per heavy atom. The van der Waals surface area contributed by atoms with Crippen molar-refractivity contribution in [3.8, 4) is 0 Å². The lowest BCUT2D eigenvalue weighted by Crippen LogP contribution is -2.73. The predicted octanol–water partition coefficient (Wildman–Crippen LogP) is 0.351. The molecule has 0 bridgehead atoms. The Kier molecular flexibility index (Phi) is 2.08. The average Bonchev–Trinajstić information content (AvgIpc) is 1.99. The highest BCUT2D eigenvalue weighted by Crippen LogP contribution is 2.41. The molecule has 2 saturated heterocycles. The van der Waals surface area contributed by atoms with Crippen LogP contribution in [0.15, 0.2) is 0 Å². The Morgan fingerprint density at radius 2 is 2.29 bits per heavy atom. The lowest BCUT2D eigenvalue weighted by molar-refractivity contribution is -0.240. The molecule has 4 nitrogen and oxygen atoms in total. The number of aliphatic hydroxyl groups is 1. The number of hydrogen-bond acceptors (Lipinski definition) is 3. The van der Waals surface area contributed by atoms with Crippen LogP contribution < -0.4 is 0 Å². The summed E-state index contributed by atoms with van der Waals surface area (Å²) in [7, 11) is 0. The summed E-state index contributed by atoms with van der Waals surface area (Å²) in [6.07, 6.45) is 0.294. The Hall–Kier alpha value is -0.610. The predicted molar refractivity (Wildman–Crippen MR) is 50.5 cm³/mol. The van der Waals surface area contributed by atoms with E-state index in [4.69, 9.17) is 4.74 Å². The van der Waals surface area contributed by atoms with Gasteiger partial charge in [0.25, 0.3) is 0 Å². The van der Waals surface area contributed by atoms with Gasteiger partial charge in [-0.15, -0.1) is 0 Å². The average molecular weight is 199 g/mol. The number of ether oxygens (including phenoxy) is 1. The molecule has 2 aliphatic rings. The normalized spacial score (nSPS) is 37.4. The lowest BCUT2D eigenvalue weighted by atomic mass is 9.79. The minimum atomic E-state index is -0.544. The zero-order chi connectivity index (χ0) is 10.5. The maximum absolute atomic E-state index is 11.7. The van der Waals surface area contributed by atoms with Crippen molar-refractivity contribution in [1.29, 1.82) is 0 Å². The summed E-state index contributed by atoms with van der Waals surface area (Å²) in [5.41, 5.74) is -0.495. The fourth-order valence-corrected chi connectivity index (χ4v) is 2.57. The minimum Gasteiger partial charge on any atom is -0.393 e. The molecule has 0 saturated carbocycles. The van der Waals surface area contributed by atoms with Crippen LogP contribution >= 0.6 is 0 Å². The van der Waals surface area contributed by atoms with E-state index in [9.17, 15) is 9.90 Å². The van der Waals surface area contributed by atoms with Gasteiger partial charge >= 0.3 is 0 Å². The Balaban J connectivity index is 2.17. The number of amides is 1. The van der Waals surface area contributed by atoms with Gasteiger partial charge in [0.2, 0.25) is 5.91 Å². The number of nitrogens with zero attached hydrogens (tertiary/aromatic N) is 1. The molecular formula is C10H17NO3. The first-order valence-electron chi connectivity index (χ1n) is 5.10. The van der Waals surface area contributed by atoms with E-state index in [-0.39, 0.29) is 17.9 Å². The quantitative estimate of drug-likeness (QED) is 0.620. The zero-order valence-electron chi connectivity index (χ0n) is 8.86. The summed E-state index contributed by atoms with van der Waals surface area (Å²) in [6, 6.07) is 0.172. The second kappa shape index (κ2) is 2.94. The summed E-state index contributed by atoms with van der Waals surface area (Å²) in [5.74, 6) is -0.187. The summed E-state index contributed by atoms with van der Waals surface area (Å²) in [6.45, 7) is 6.15. The molecule has 2 aliphatic heterocycles. The van der Waals surface area contributed by atoms with Gasteiger partial charge in [-0.2, -0.15) is 0 Å². The van der Waals surface area contributed by atoms with Crippen LogP contribution in [-0.2, 0) is 9.53 Å². The van der Waals surface area contributed by atoms with E-state index >= 15 is 0 Å². The fraction of sp³-hybridized carbons (Fsp3) is 0.900. The molecule has 14 heavy (non-hydrogen) atoms. The van der Waals surface area contributed by atoms with Crippen LogP contribution in [0.2, 0.25) is 0 Å². The van der Waals surface area contributed by atoms with Crippen molar-refractivity contribution in [2.24, 2.45) is 5.92 Å². The topological polar surface area (TPSA) is 49.8 Å². The lowest BCUT2D eigenvalue weighted by Gasteiger charge is -2.58. The van der Waals surface area contributed by atoms with Gasteiger partial charge in [0.15, 0.2) is 0 Å². The molecule has 0 aromatic rings. The molecule has 1 N–H and O–H groups in total. The molecule has 2 heterocycles. The van der Waals surface area contributed by atoms with Crippen molar-refractivity contribution in [2.75, 3.05) is 6.61 Å². The molecule has 1 amide bonds. The van der Waals surface area contributed by atoms with E-state index in [0.29, 0.717) is 6.61 Å². The highest BCUT2D eigenvalue weighted by Gasteiger charge is 2.56. The number of carbonyl (C=O) groups excluding carboxylic acids is 1. The maximum atomic E-state index is 11.7. The van der Waals surface area contributed by atoms with Gasteiger partial charge in [0.05, 0.1) is 24.7 Å². The highest BCUT2D eigenvalue weighted by molar-refractivity contribution is 5.87. The van der Waals surface area contributed by atoms with E-state index < -0.39 is 11.8 Å². The Bertz CT molecular complexity index is 262. The molecule has 0 aliphatic carbocycles. The molecule has 0 aromatic heterocycles. The maximum Gasteiger partial charge on any atom is 0.232 e. The van der Waals surface area contributed by atoms with Crippen molar-refractivity contribution in [1.82, 2.24) is 4.90 Å². The van der Waals surface area contributed by atoms with Gasteiger partial charge in [0.1, 0.15) is 5.72 Å². The third-order valence-electron chi connectivity index (χ3n) is 3.24. The molecule has 3 atom stereocenters. The van der Waals surface area contributed by atoms with Gasteiger partial charge in [-0.1, -0.05) is 0 Å². The first-order chi connectivity index (χ1) is 6.45. The molecule has 0 aromatic carbocycles. The third-order valence-corrected chi connectivity index (χ3v) is 3.24. The van der Waals surface area contributed by atoms with E-state index in [1.807, 2.05) is 13.8 Å².